The Hall–Kier alpha value is -4.06. The second-order valence-electron chi connectivity index (χ2n) is 11.7. The molecule has 0 bridgehead atoms. The van der Waals surface area contributed by atoms with E-state index in [9.17, 15) is 18.4 Å². The third-order valence-electron chi connectivity index (χ3n) is 8.05. The average molecular weight is 619 g/mol. The van der Waals surface area contributed by atoms with Crippen LogP contribution in [0.1, 0.15) is 93.6 Å². The van der Waals surface area contributed by atoms with Gasteiger partial charge in [0, 0.05) is 72.9 Å². The van der Waals surface area contributed by atoms with E-state index in [1.807, 2.05) is 37.3 Å². The predicted octanol–water partition coefficient (Wildman–Crippen LogP) is 5.82. The number of carbonyl (C=O) groups excluding carboxylic acids is 2. The van der Waals surface area contributed by atoms with Crippen molar-refractivity contribution in [2.45, 2.75) is 88.6 Å². The maximum absolute atomic E-state index is 13.2. The lowest BCUT2D eigenvalue weighted by molar-refractivity contribution is -0.134. The number of halogens is 2. The topological polar surface area (TPSA) is 121 Å². The Morgan fingerprint density at radius 3 is 2.52 bits per heavy atom. The minimum Gasteiger partial charge on any atom is -0.490 e. The number of ether oxygens (including phenoxy) is 1. The zero-order chi connectivity index (χ0) is 30.7. The molecule has 1 unspecified atom stereocenters. The zero-order valence-electron chi connectivity index (χ0n) is 24.3. The minimum atomic E-state index is -2.65. The van der Waals surface area contributed by atoms with Crippen LogP contribution in [0.3, 0.4) is 0 Å². The number of nitrogens with zero attached hydrogens (tertiary/aromatic N) is 6. The van der Waals surface area contributed by atoms with Crippen molar-refractivity contribution >= 4 is 22.9 Å². The van der Waals surface area contributed by atoms with Crippen molar-refractivity contribution in [1.82, 2.24) is 30.4 Å². The average Bonchev–Trinajstić information content (AvgIpc) is 3.66. The van der Waals surface area contributed by atoms with Crippen LogP contribution >= 0.6 is 11.3 Å². The molecule has 2 fully saturated rings. The summed E-state index contributed by atoms with van der Waals surface area (Å²) in [5, 5.41) is 18.5. The molecular weight excluding hydrogens is 586 g/mol. The molecule has 9 nitrogen and oxygen atoms in total. The van der Waals surface area contributed by atoms with Gasteiger partial charge in [0.15, 0.2) is 10.8 Å². The molecule has 44 heavy (non-hydrogen) atoms. The maximum atomic E-state index is 13.2. The first-order valence-corrected chi connectivity index (χ1v) is 15.6. The van der Waals surface area contributed by atoms with Crippen LogP contribution in [0.4, 0.5) is 8.78 Å². The molecule has 2 aliphatic rings. The molecule has 0 aromatic carbocycles. The van der Waals surface area contributed by atoms with E-state index in [1.165, 1.54) is 11.3 Å². The van der Waals surface area contributed by atoms with Gasteiger partial charge in [0.05, 0.1) is 17.8 Å². The summed E-state index contributed by atoms with van der Waals surface area (Å²) >= 11 is 1.34. The Kier molecular flexibility index (Phi) is 8.79. The van der Waals surface area contributed by atoms with Gasteiger partial charge in [-0.25, -0.2) is 8.78 Å². The number of pyridine rings is 2. The van der Waals surface area contributed by atoms with Crippen LogP contribution in [-0.2, 0) is 24.1 Å². The van der Waals surface area contributed by atoms with Crippen molar-refractivity contribution in [1.29, 1.82) is 0 Å². The van der Waals surface area contributed by atoms with Crippen molar-refractivity contribution in [3.8, 4) is 5.75 Å². The highest BCUT2D eigenvalue weighted by molar-refractivity contribution is 7.13. The lowest BCUT2D eigenvalue weighted by atomic mass is 9.91. The van der Waals surface area contributed by atoms with Gasteiger partial charge in [-0.2, -0.15) is 10.2 Å². The van der Waals surface area contributed by atoms with Crippen molar-refractivity contribution in [2.24, 2.45) is 0 Å². The molecule has 2 aliphatic carbocycles. The molecule has 2 atom stereocenters. The molecule has 0 aliphatic heterocycles. The Morgan fingerprint density at radius 1 is 0.955 bits per heavy atom. The van der Waals surface area contributed by atoms with E-state index in [0.29, 0.717) is 34.3 Å². The summed E-state index contributed by atoms with van der Waals surface area (Å²) in [4.78, 5) is 34.0. The van der Waals surface area contributed by atoms with Gasteiger partial charge in [-0.05, 0) is 56.9 Å². The second-order valence-corrected chi connectivity index (χ2v) is 12.7. The summed E-state index contributed by atoms with van der Waals surface area (Å²) in [7, 11) is 0. The molecule has 2 saturated carbocycles. The second kappa shape index (κ2) is 12.9. The molecular formula is C32H32F2N6O3S. The van der Waals surface area contributed by atoms with E-state index in [4.69, 9.17) is 4.74 Å². The van der Waals surface area contributed by atoms with Crippen LogP contribution in [0, 0.1) is 6.92 Å². The minimum absolute atomic E-state index is 0.0425. The number of rotatable bonds is 12. The summed E-state index contributed by atoms with van der Waals surface area (Å²) in [6.07, 6.45) is 4.41. The summed E-state index contributed by atoms with van der Waals surface area (Å²) in [5.41, 5.74) is 3.66. The molecule has 4 aromatic heterocycles. The molecule has 0 saturated heterocycles. The van der Waals surface area contributed by atoms with Gasteiger partial charge in [0.2, 0.25) is 0 Å². The zero-order valence-corrected chi connectivity index (χ0v) is 25.1. The lowest BCUT2D eigenvalue weighted by Gasteiger charge is -2.34. The molecule has 0 N–H and O–H groups in total. The van der Waals surface area contributed by atoms with Crippen LogP contribution in [-0.4, -0.2) is 54.0 Å². The maximum Gasteiger partial charge on any atom is 0.255 e. The van der Waals surface area contributed by atoms with Crippen molar-refractivity contribution in [3.05, 3.63) is 87.1 Å². The molecule has 0 amide bonds. The Balaban J connectivity index is 0.987. The van der Waals surface area contributed by atoms with Crippen molar-refractivity contribution in [3.63, 3.8) is 0 Å². The molecule has 0 spiro atoms. The first-order chi connectivity index (χ1) is 21.2. The molecule has 4 aromatic rings. The largest absolute Gasteiger partial charge is 0.490 e. The molecule has 12 heteroatoms. The van der Waals surface area contributed by atoms with Crippen LogP contribution in [0.25, 0.3) is 0 Å². The van der Waals surface area contributed by atoms with Gasteiger partial charge in [-0.3, -0.25) is 19.6 Å². The van der Waals surface area contributed by atoms with E-state index in [1.54, 1.807) is 18.3 Å². The summed E-state index contributed by atoms with van der Waals surface area (Å²) < 4.78 is 32.0. The summed E-state index contributed by atoms with van der Waals surface area (Å²) in [5.74, 6) is -1.79. The monoisotopic (exact) mass is 618 g/mol. The van der Waals surface area contributed by atoms with Crippen LogP contribution in [0.2, 0.25) is 0 Å². The number of hydrogen-bond acceptors (Lipinski definition) is 10. The highest BCUT2D eigenvalue weighted by Crippen LogP contribution is 2.44. The number of aryl methyl sites for hydroxylation is 2. The Morgan fingerprint density at radius 2 is 1.77 bits per heavy atom. The third-order valence-corrected chi connectivity index (χ3v) is 9.17. The SMILES string of the molecule is Cc1cc(OC2CC(F)(F)C2)cc(CCC(=O)c2nnc(C3CC[C@@H](c4ccc(CC(=O)Cc5ccccn5)nn4)C3)s2)n1. The van der Waals surface area contributed by atoms with Crippen molar-refractivity contribution in [2.75, 3.05) is 0 Å². The fourth-order valence-electron chi connectivity index (χ4n) is 5.77. The van der Waals surface area contributed by atoms with Gasteiger partial charge in [-0.1, -0.05) is 17.4 Å². The molecule has 4 heterocycles. The number of Topliss-reactive ketones (excluding diaryl/α,β-unsaturated/α-hetero) is 2. The van der Waals surface area contributed by atoms with Crippen LogP contribution in [0.5, 0.6) is 5.75 Å². The highest BCUT2D eigenvalue weighted by Gasteiger charge is 2.47. The van der Waals surface area contributed by atoms with E-state index >= 15 is 0 Å². The first-order valence-electron chi connectivity index (χ1n) is 14.8. The fourth-order valence-corrected chi connectivity index (χ4v) is 6.73. The lowest BCUT2D eigenvalue weighted by Crippen LogP contribution is -2.43. The van der Waals surface area contributed by atoms with E-state index in [0.717, 1.165) is 35.7 Å². The van der Waals surface area contributed by atoms with E-state index in [-0.39, 0.29) is 55.5 Å². The van der Waals surface area contributed by atoms with Gasteiger partial charge in [0.1, 0.15) is 22.6 Å². The number of carbonyl (C=O) groups is 2. The van der Waals surface area contributed by atoms with Crippen molar-refractivity contribution < 1.29 is 23.1 Å². The number of hydrogen-bond donors (Lipinski definition) is 0. The summed E-state index contributed by atoms with van der Waals surface area (Å²) in [6.45, 7) is 1.81. The Labute approximate surface area is 257 Å². The highest BCUT2D eigenvalue weighted by atomic mass is 32.1. The predicted molar refractivity (Wildman–Crippen MR) is 158 cm³/mol. The van der Waals surface area contributed by atoms with Crippen LogP contribution in [0.15, 0.2) is 48.7 Å². The first kappa shape index (κ1) is 30.0. The summed E-state index contributed by atoms with van der Waals surface area (Å²) in [6, 6.07) is 12.8. The molecule has 0 radical (unpaired) electrons. The smallest absolute Gasteiger partial charge is 0.255 e. The van der Waals surface area contributed by atoms with E-state index < -0.39 is 12.0 Å². The Bertz CT molecular complexity index is 1620. The number of ketones is 2. The van der Waals surface area contributed by atoms with Gasteiger partial charge in [-0.15, -0.1) is 10.2 Å². The van der Waals surface area contributed by atoms with Gasteiger partial charge in [0.25, 0.3) is 5.92 Å². The van der Waals surface area contributed by atoms with E-state index in [2.05, 4.69) is 30.4 Å². The van der Waals surface area contributed by atoms with Crippen LogP contribution < -0.4 is 4.74 Å². The van der Waals surface area contributed by atoms with Gasteiger partial charge >= 0.3 is 0 Å². The quantitative estimate of drug-likeness (QED) is 0.181. The normalized spacial score (nSPS) is 19.4. The third kappa shape index (κ3) is 7.53. The number of alkyl halides is 2. The fraction of sp³-hybridized carbons (Fsp3) is 0.438. The van der Waals surface area contributed by atoms with Gasteiger partial charge < -0.3 is 4.74 Å². The molecule has 6 rings (SSSR count). The standard InChI is InChI=1S/C32H32F2N6O3S/c1-19-12-26(43-27-17-32(33,34)18-27)16-23(36-19)8-10-29(42)31-40-39-30(44-31)21-6-5-20(13-21)28-9-7-24(37-38-28)15-25(41)14-22-4-2-3-11-35-22/h2-4,7,9,11-12,16,20-21,27H,5-6,8,10,13-15,17-18H2,1H3/t20-,21?/m1/s1. The number of aromatic nitrogens is 6. The molecule has 228 valence electrons.